The van der Waals surface area contributed by atoms with Gasteiger partial charge in [0.2, 0.25) is 0 Å². The molecule has 0 radical (unpaired) electrons. The molecule has 0 saturated carbocycles. The van der Waals surface area contributed by atoms with Crippen molar-refractivity contribution in [2.75, 3.05) is 19.7 Å². The maximum Gasteiger partial charge on any atom is 0.178 e. The molecule has 4 aromatic rings. The summed E-state index contributed by atoms with van der Waals surface area (Å²) in [6.07, 6.45) is 6.21. The van der Waals surface area contributed by atoms with E-state index in [0.717, 1.165) is 52.3 Å². The third-order valence-electron chi connectivity index (χ3n) is 4.11. The van der Waals surface area contributed by atoms with Crippen LogP contribution < -0.4 is 10.1 Å². The van der Waals surface area contributed by atoms with Crippen molar-refractivity contribution in [1.82, 2.24) is 30.2 Å². The van der Waals surface area contributed by atoms with Crippen molar-refractivity contribution < 1.29 is 4.74 Å². The molecule has 3 N–H and O–H groups in total. The number of imidazole rings is 2. The first-order valence-corrected chi connectivity index (χ1v) is 9.50. The molecular formula is C19H19BrN6O. The van der Waals surface area contributed by atoms with Gasteiger partial charge < -0.3 is 20.0 Å². The number of benzene rings is 1. The Morgan fingerprint density at radius 1 is 1.11 bits per heavy atom. The van der Waals surface area contributed by atoms with Crippen LogP contribution in [0.4, 0.5) is 0 Å². The number of fused-ring (bicyclic) bond motifs is 1. The molecule has 3 heterocycles. The summed E-state index contributed by atoms with van der Waals surface area (Å²) in [5, 5.41) is 3.35. The first-order valence-electron chi connectivity index (χ1n) is 8.70. The van der Waals surface area contributed by atoms with Crippen molar-refractivity contribution in [3.63, 3.8) is 0 Å². The van der Waals surface area contributed by atoms with E-state index in [0.29, 0.717) is 12.3 Å². The number of aromatic nitrogens is 5. The van der Waals surface area contributed by atoms with Crippen molar-refractivity contribution in [2.24, 2.45) is 0 Å². The van der Waals surface area contributed by atoms with E-state index < -0.39 is 0 Å². The number of hydrogen-bond acceptors (Lipinski definition) is 5. The van der Waals surface area contributed by atoms with Gasteiger partial charge in [-0.15, -0.1) is 0 Å². The van der Waals surface area contributed by atoms with Crippen molar-refractivity contribution in [3.05, 3.63) is 59.2 Å². The quantitative estimate of drug-likeness (QED) is 0.376. The zero-order valence-corrected chi connectivity index (χ0v) is 16.2. The first-order chi connectivity index (χ1) is 13.3. The zero-order chi connectivity index (χ0) is 18.5. The normalized spacial score (nSPS) is 11.1. The lowest BCUT2D eigenvalue weighted by molar-refractivity contribution is 0.314. The van der Waals surface area contributed by atoms with Gasteiger partial charge in [-0.1, -0.05) is 0 Å². The highest BCUT2D eigenvalue weighted by Gasteiger charge is 2.07. The van der Waals surface area contributed by atoms with Crippen LogP contribution in [0.3, 0.4) is 0 Å². The van der Waals surface area contributed by atoms with Gasteiger partial charge in [-0.2, -0.15) is 0 Å². The molecule has 0 fully saturated rings. The summed E-state index contributed by atoms with van der Waals surface area (Å²) in [6, 6.07) is 9.87. The van der Waals surface area contributed by atoms with Gasteiger partial charge >= 0.3 is 0 Å². The van der Waals surface area contributed by atoms with E-state index in [-0.39, 0.29) is 0 Å². The first kappa shape index (κ1) is 17.7. The second kappa shape index (κ2) is 8.32. The number of nitrogens with one attached hydrogen (secondary N) is 3. The minimum absolute atomic E-state index is 0.616. The van der Waals surface area contributed by atoms with E-state index in [1.165, 1.54) is 0 Å². The van der Waals surface area contributed by atoms with Gasteiger partial charge in [-0.25, -0.2) is 15.0 Å². The molecule has 0 saturated heterocycles. The van der Waals surface area contributed by atoms with Crippen LogP contribution in [0, 0.1) is 0 Å². The molecule has 138 valence electrons. The van der Waals surface area contributed by atoms with Crippen LogP contribution in [0.25, 0.3) is 22.6 Å². The van der Waals surface area contributed by atoms with Crippen LogP contribution >= 0.6 is 15.9 Å². The molecule has 0 aliphatic rings. The van der Waals surface area contributed by atoms with Crippen LogP contribution in [-0.2, 0) is 6.42 Å². The minimum Gasteiger partial charge on any atom is -0.492 e. The fourth-order valence-corrected chi connectivity index (χ4v) is 3.06. The molecule has 0 unspecified atom stereocenters. The molecule has 0 aliphatic heterocycles. The number of ether oxygens (including phenoxy) is 1. The Morgan fingerprint density at radius 3 is 2.81 bits per heavy atom. The van der Waals surface area contributed by atoms with E-state index in [2.05, 4.69) is 46.2 Å². The minimum atomic E-state index is 0.616. The Kier molecular flexibility index (Phi) is 5.45. The Bertz CT molecular complexity index is 997. The predicted molar refractivity (Wildman–Crippen MR) is 108 cm³/mol. The topological polar surface area (TPSA) is 91.5 Å². The predicted octanol–water partition coefficient (Wildman–Crippen LogP) is 3.32. The highest BCUT2D eigenvalue weighted by molar-refractivity contribution is 9.10. The van der Waals surface area contributed by atoms with E-state index >= 15 is 0 Å². The summed E-state index contributed by atoms with van der Waals surface area (Å²) in [7, 11) is 0. The molecular weight excluding hydrogens is 408 g/mol. The van der Waals surface area contributed by atoms with E-state index in [9.17, 15) is 0 Å². The second-order valence-corrected chi connectivity index (χ2v) is 6.98. The second-order valence-electron chi connectivity index (χ2n) is 6.06. The summed E-state index contributed by atoms with van der Waals surface area (Å²) in [5.41, 5.74) is 3.73. The molecule has 1 aromatic carbocycles. The largest absolute Gasteiger partial charge is 0.492 e. The number of hydrogen-bond donors (Lipinski definition) is 3. The summed E-state index contributed by atoms with van der Waals surface area (Å²) in [5.74, 6) is 1.63. The van der Waals surface area contributed by atoms with Crippen LogP contribution in [0.1, 0.15) is 5.69 Å². The van der Waals surface area contributed by atoms with Crippen molar-refractivity contribution in [3.8, 4) is 17.1 Å². The van der Waals surface area contributed by atoms with Crippen molar-refractivity contribution >= 4 is 27.1 Å². The van der Waals surface area contributed by atoms with Gasteiger partial charge in [0.15, 0.2) is 5.65 Å². The average molecular weight is 427 g/mol. The summed E-state index contributed by atoms with van der Waals surface area (Å²) in [4.78, 5) is 19.2. The van der Waals surface area contributed by atoms with Crippen molar-refractivity contribution in [2.45, 2.75) is 6.42 Å². The lowest BCUT2D eigenvalue weighted by Gasteiger charge is -2.07. The standard InChI is InChI=1S/C19H19BrN6O/c20-14-9-17-19(23-10-14)26-18(25-17)13-1-3-16(4-2-13)27-8-7-21-6-5-15-11-22-12-24-15/h1-4,9-12,21H,5-8H2,(H,22,24)(H,23,25,26). The van der Waals surface area contributed by atoms with Gasteiger partial charge in [-0.05, 0) is 46.3 Å². The molecule has 0 amide bonds. The number of halogens is 1. The molecule has 0 bridgehead atoms. The van der Waals surface area contributed by atoms with E-state index in [1.54, 1.807) is 12.5 Å². The van der Waals surface area contributed by atoms with Crippen molar-refractivity contribution in [1.29, 1.82) is 0 Å². The molecule has 0 atom stereocenters. The Labute approximate surface area is 164 Å². The Balaban J connectivity index is 1.27. The molecule has 8 heteroatoms. The Morgan fingerprint density at radius 2 is 2.00 bits per heavy atom. The molecule has 3 aromatic heterocycles. The smallest absolute Gasteiger partial charge is 0.178 e. The molecule has 0 spiro atoms. The van der Waals surface area contributed by atoms with E-state index in [1.807, 2.05) is 36.5 Å². The van der Waals surface area contributed by atoms with Gasteiger partial charge in [0.1, 0.15) is 18.2 Å². The van der Waals surface area contributed by atoms with Crippen LogP contribution in [0.15, 0.2) is 53.5 Å². The number of pyridine rings is 1. The summed E-state index contributed by atoms with van der Waals surface area (Å²) < 4.78 is 6.70. The van der Waals surface area contributed by atoms with Gasteiger partial charge in [0.25, 0.3) is 0 Å². The number of nitrogens with zero attached hydrogens (tertiary/aromatic N) is 3. The van der Waals surface area contributed by atoms with Crippen LogP contribution in [0.2, 0.25) is 0 Å². The highest BCUT2D eigenvalue weighted by atomic mass is 79.9. The Hall–Kier alpha value is -2.71. The third kappa shape index (κ3) is 4.53. The number of aromatic amines is 2. The lowest BCUT2D eigenvalue weighted by atomic mass is 10.2. The fraction of sp³-hybridized carbons (Fsp3) is 0.211. The van der Waals surface area contributed by atoms with Gasteiger partial charge in [-0.3, -0.25) is 0 Å². The number of rotatable bonds is 8. The molecule has 7 nitrogen and oxygen atoms in total. The van der Waals surface area contributed by atoms with Gasteiger partial charge in [0.05, 0.1) is 11.8 Å². The monoisotopic (exact) mass is 426 g/mol. The van der Waals surface area contributed by atoms with Crippen LogP contribution in [-0.4, -0.2) is 44.6 Å². The molecule has 4 rings (SSSR count). The fourth-order valence-electron chi connectivity index (χ4n) is 2.73. The number of H-pyrrole nitrogens is 2. The summed E-state index contributed by atoms with van der Waals surface area (Å²) in [6.45, 7) is 2.30. The SMILES string of the molecule is Brc1cnc2nc(-c3ccc(OCCNCCc4cnc[nH]4)cc3)[nH]c2c1. The lowest BCUT2D eigenvalue weighted by Crippen LogP contribution is -2.23. The zero-order valence-electron chi connectivity index (χ0n) is 14.6. The van der Waals surface area contributed by atoms with E-state index in [4.69, 9.17) is 4.74 Å². The maximum absolute atomic E-state index is 5.78. The van der Waals surface area contributed by atoms with Crippen LogP contribution in [0.5, 0.6) is 5.75 Å². The highest BCUT2D eigenvalue weighted by Crippen LogP contribution is 2.23. The third-order valence-corrected chi connectivity index (χ3v) is 4.54. The molecule has 27 heavy (non-hydrogen) atoms. The molecule has 0 aliphatic carbocycles. The summed E-state index contributed by atoms with van der Waals surface area (Å²) >= 11 is 3.42. The average Bonchev–Trinajstić information content (AvgIpc) is 3.34. The van der Waals surface area contributed by atoms with Gasteiger partial charge in [0, 0.05) is 47.6 Å². The maximum atomic E-state index is 5.78.